The zero-order valence-corrected chi connectivity index (χ0v) is 13.4. The molecule has 1 aromatic rings. The third-order valence-corrected chi connectivity index (χ3v) is 4.29. The van der Waals surface area contributed by atoms with Crippen LogP contribution in [0.2, 0.25) is 0 Å². The van der Waals surface area contributed by atoms with Crippen molar-refractivity contribution in [2.45, 2.75) is 31.2 Å². The summed E-state index contributed by atoms with van der Waals surface area (Å²) in [7, 11) is -3.42. The lowest BCUT2D eigenvalue weighted by atomic mass is 10.3. The zero-order chi connectivity index (χ0) is 15.7. The smallest absolute Gasteiger partial charge is 0.240 e. The topological polar surface area (TPSA) is 93.5 Å². The van der Waals surface area contributed by atoms with Crippen LogP contribution in [-0.2, 0) is 14.8 Å². The van der Waals surface area contributed by atoms with Gasteiger partial charge in [-0.3, -0.25) is 0 Å². The molecule has 1 aromatic carbocycles. The molecule has 0 heterocycles. The highest BCUT2D eigenvalue weighted by Crippen LogP contribution is 2.14. The number of nitrogens with one attached hydrogen (secondary N) is 2. The van der Waals surface area contributed by atoms with E-state index in [2.05, 4.69) is 10.0 Å². The van der Waals surface area contributed by atoms with Crippen LogP contribution in [0.4, 0.5) is 5.69 Å². The number of ether oxygens (including phenoxy) is 1. The monoisotopic (exact) mass is 315 g/mol. The van der Waals surface area contributed by atoms with Gasteiger partial charge in [0.25, 0.3) is 0 Å². The van der Waals surface area contributed by atoms with Gasteiger partial charge in [-0.1, -0.05) is 0 Å². The van der Waals surface area contributed by atoms with Crippen molar-refractivity contribution in [2.75, 3.05) is 31.6 Å². The predicted molar refractivity (Wildman–Crippen MR) is 84.9 cm³/mol. The summed E-state index contributed by atoms with van der Waals surface area (Å²) in [5, 5.41) is 3.21. The maximum absolute atomic E-state index is 12.0. The highest BCUT2D eigenvalue weighted by molar-refractivity contribution is 7.89. The number of rotatable bonds is 10. The van der Waals surface area contributed by atoms with E-state index in [-0.39, 0.29) is 10.9 Å². The fourth-order valence-electron chi connectivity index (χ4n) is 1.72. The lowest BCUT2D eigenvalue weighted by Gasteiger charge is -2.11. The third-order valence-electron chi connectivity index (χ3n) is 2.61. The Balaban J connectivity index is 2.44. The molecule has 0 radical (unpaired) electrons. The molecule has 0 amide bonds. The molecule has 0 fully saturated rings. The molecule has 21 heavy (non-hydrogen) atoms. The average Bonchev–Trinajstić information content (AvgIpc) is 2.42. The van der Waals surface area contributed by atoms with Gasteiger partial charge in [0, 0.05) is 31.4 Å². The van der Waals surface area contributed by atoms with Gasteiger partial charge in [-0.15, -0.1) is 0 Å². The van der Waals surface area contributed by atoms with Gasteiger partial charge in [0.2, 0.25) is 10.0 Å². The van der Waals surface area contributed by atoms with Crippen LogP contribution in [0.5, 0.6) is 0 Å². The second kappa shape index (κ2) is 8.99. The summed E-state index contributed by atoms with van der Waals surface area (Å²) in [6.07, 6.45) is 0.870. The van der Waals surface area contributed by atoms with Gasteiger partial charge in [0.05, 0.1) is 11.5 Å². The molecule has 0 saturated heterocycles. The van der Waals surface area contributed by atoms with Crippen molar-refractivity contribution in [3.8, 4) is 0 Å². The van der Waals surface area contributed by atoms with Gasteiger partial charge in [-0.05, 0) is 44.5 Å². The molecule has 0 bridgehead atoms. The third kappa shape index (κ3) is 6.90. The standard InChI is InChI=1S/C14H25N3O3S/c1-12(2)17-21(18,19)14-6-4-13(5-7-14)16-9-3-10-20-11-8-15/h4-7,12,16-17H,3,8-11,15H2,1-2H3. The predicted octanol–water partition coefficient (Wildman–Crippen LogP) is 1.15. The van der Waals surface area contributed by atoms with E-state index in [9.17, 15) is 8.42 Å². The first-order chi connectivity index (χ1) is 9.95. The van der Waals surface area contributed by atoms with Crippen LogP contribution in [-0.4, -0.2) is 40.8 Å². The first-order valence-corrected chi connectivity index (χ1v) is 8.58. The van der Waals surface area contributed by atoms with Gasteiger partial charge >= 0.3 is 0 Å². The lowest BCUT2D eigenvalue weighted by Crippen LogP contribution is -2.30. The quantitative estimate of drug-likeness (QED) is 0.563. The van der Waals surface area contributed by atoms with Gasteiger partial charge in [-0.25, -0.2) is 13.1 Å². The molecule has 4 N–H and O–H groups in total. The van der Waals surface area contributed by atoms with E-state index in [1.165, 1.54) is 0 Å². The number of anilines is 1. The van der Waals surface area contributed by atoms with Crippen molar-refractivity contribution in [3.63, 3.8) is 0 Å². The Kier molecular flexibility index (Phi) is 7.66. The van der Waals surface area contributed by atoms with Gasteiger partial charge in [0.1, 0.15) is 0 Å². The van der Waals surface area contributed by atoms with Crippen molar-refractivity contribution in [1.29, 1.82) is 0 Å². The maximum Gasteiger partial charge on any atom is 0.240 e. The molecule has 0 aromatic heterocycles. The second-order valence-corrected chi connectivity index (χ2v) is 6.70. The van der Waals surface area contributed by atoms with Gasteiger partial charge < -0.3 is 15.8 Å². The summed E-state index contributed by atoms with van der Waals surface area (Å²) in [5.74, 6) is 0. The number of benzene rings is 1. The van der Waals surface area contributed by atoms with Gasteiger partial charge in [-0.2, -0.15) is 0 Å². The Hall–Kier alpha value is -1.15. The normalized spacial score (nSPS) is 11.8. The highest BCUT2D eigenvalue weighted by atomic mass is 32.2. The number of sulfonamides is 1. The molecule has 0 aliphatic carbocycles. The van der Waals surface area contributed by atoms with Crippen molar-refractivity contribution >= 4 is 15.7 Å². The van der Waals surface area contributed by atoms with Crippen molar-refractivity contribution in [1.82, 2.24) is 4.72 Å². The molecule has 0 unspecified atom stereocenters. The van der Waals surface area contributed by atoms with Crippen LogP contribution in [0, 0.1) is 0 Å². The second-order valence-electron chi connectivity index (χ2n) is 4.98. The maximum atomic E-state index is 12.0. The molecular formula is C14H25N3O3S. The summed E-state index contributed by atoms with van der Waals surface area (Å²) >= 11 is 0. The number of hydrogen-bond acceptors (Lipinski definition) is 5. The summed E-state index contributed by atoms with van der Waals surface area (Å²) < 4.78 is 31.7. The van der Waals surface area contributed by atoms with Crippen LogP contribution >= 0.6 is 0 Å². The Bertz CT molecular complexity index is 501. The minimum atomic E-state index is -3.42. The summed E-state index contributed by atoms with van der Waals surface area (Å²) in [5.41, 5.74) is 6.21. The minimum absolute atomic E-state index is 0.124. The number of hydrogen-bond donors (Lipinski definition) is 3. The van der Waals surface area contributed by atoms with Crippen molar-refractivity contribution in [3.05, 3.63) is 24.3 Å². The fraction of sp³-hybridized carbons (Fsp3) is 0.571. The van der Waals surface area contributed by atoms with E-state index in [1.54, 1.807) is 38.1 Å². The molecule has 0 aliphatic heterocycles. The van der Waals surface area contributed by atoms with E-state index in [0.717, 1.165) is 18.7 Å². The molecule has 0 spiro atoms. The van der Waals surface area contributed by atoms with Crippen LogP contribution < -0.4 is 15.8 Å². The number of nitrogens with two attached hydrogens (primary N) is 1. The molecule has 1 rings (SSSR count). The van der Waals surface area contributed by atoms with E-state index in [4.69, 9.17) is 10.5 Å². The van der Waals surface area contributed by atoms with Crippen molar-refractivity contribution < 1.29 is 13.2 Å². The lowest BCUT2D eigenvalue weighted by molar-refractivity contribution is 0.141. The van der Waals surface area contributed by atoms with Crippen LogP contribution in [0.25, 0.3) is 0 Å². The average molecular weight is 315 g/mol. The van der Waals surface area contributed by atoms with E-state index in [0.29, 0.717) is 19.8 Å². The molecule has 0 aliphatic rings. The van der Waals surface area contributed by atoms with E-state index >= 15 is 0 Å². The Labute approximate surface area is 127 Å². The van der Waals surface area contributed by atoms with Gasteiger partial charge in [0.15, 0.2) is 0 Å². The summed E-state index contributed by atoms with van der Waals surface area (Å²) in [6, 6.07) is 6.59. The van der Waals surface area contributed by atoms with Crippen LogP contribution in [0.1, 0.15) is 20.3 Å². The Morgan fingerprint density at radius 2 is 1.86 bits per heavy atom. The first-order valence-electron chi connectivity index (χ1n) is 7.10. The first kappa shape index (κ1) is 17.9. The molecule has 0 atom stereocenters. The zero-order valence-electron chi connectivity index (χ0n) is 12.6. The largest absolute Gasteiger partial charge is 0.385 e. The SMILES string of the molecule is CC(C)NS(=O)(=O)c1ccc(NCCCOCCN)cc1. The molecular weight excluding hydrogens is 290 g/mol. The molecule has 120 valence electrons. The molecule has 7 heteroatoms. The van der Waals surface area contributed by atoms with E-state index < -0.39 is 10.0 Å². The Morgan fingerprint density at radius 3 is 2.43 bits per heavy atom. The van der Waals surface area contributed by atoms with E-state index in [1.807, 2.05) is 0 Å². The Morgan fingerprint density at radius 1 is 1.19 bits per heavy atom. The summed E-state index contributed by atoms with van der Waals surface area (Å²) in [4.78, 5) is 0.271. The molecule has 6 nitrogen and oxygen atoms in total. The van der Waals surface area contributed by atoms with Crippen LogP contribution in [0.3, 0.4) is 0 Å². The summed E-state index contributed by atoms with van der Waals surface area (Å²) in [6.45, 7) is 6.12. The van der Waals surface area contributed by atoms with Crippen LogP contribution in [0.15, 0.2) is 29.2 Å². The highest BCUT2D eigenvalue weighted by Gasteiger charge is 2.14. The fourth-order valence-corrected chi connectivity index (χ4v) is 2.97. The minimum Gasteiger partial charge on any atom is -0.385 e. The molecule has 0 saturated carbocycles. The van der Waals surface area contributed by atoms with Crippen molar-refractivity contribution in [2.24, 2.45) is 5.73 Å².